The molecule has 0 aromatic carbocycles. The fraction of sp³-hybridized carbons (Fsp3) is 0.769. The van der Waals surface area contributed by atoms with Crippen molar-refractivity contribution in [2.75, 3.05) is 40.8 Å². The van der Waals surface area contributed by atoms with Crippen LogP contribution in [0.5, 0.6) is 0 Å². The summed E-state index contributed by atoms with van der Waals surface area (Å²) in [4.78, 5) is 4.88. The van der Waals surface area contributed by atoms with Crippen LogP contribution in [0.15, 0.2) is 12.3 Å². The second-order valence-corrected chi connectivity index (χ2v) is 5.39. The minimum absolute atomic E-state index is 0.338. The van der Waals surface area contributed by atoms with Crippen molar-refractivity contribution < 1.29 is 0 Å². The fourth-order valence-corrected chi connectivity index (χ4v) is 2.63. The van der Waals surface area contributed by atoms with Gasteiger partial charge < -0.3 is 15.1 Å². The van der Waals surface area contributed by atoms with E-state index in [0.717, 1.165) is 25.2 Å². The molecule has 0 aliphatic carbocycles. The zero-order valence-corrected chi connectivity index (χ0v) is 11.9. The molecule has 102 valence electrons. The summed E-state index contributed by atoms with van der Waals surface area (Å²) in [5.41, 5.74) is 1.14. The van der Waals surface area contributed by atoms with Crippen LogP contribution in [0.1, 0.15) is 18.2 Å². The first kappa shape index (κ1) is 13.5. The Morgan fingerprint density at radius 2 is 2.17 bits per heavy atom. The van der Waals surface area contributed by atoms with Crippen LogP contribution in [0.2, 0.25) is 0 Å². The lowest BCUT2D eigenvalue weighted by atomic mass is 10.0. The molecule has 2 rings (SSSR count). The molecule has 1 aromatic rings. The summed E-state index contributed by atoms with van der Waals surface area (Å²) >= 11 is 0. The molecule has 0 radical (unpaired) electrons. The Kier molecular flexibility index (Phi) is 4.37. The van der Waals surface area contributed by atoms with Gasteiger partial charge in [0.1, 0.15) is 0 Å². The standard InChI is InChI=1S/C13H25N5/c1-14-13(12-5-6-18(4)15-12)9-11-10-16(2)7-8-17(11)3/h5-6,11,13-14H,7-10H2,1-4H3. The lowest BCUT2D eigenvalue weighted by Gasteiger charge is -2.39. The zero-order chi connectivity index (χ0) is 13.1. The molecule has 1 N–H and O–H groups in total. The number of hydrogen-bond donors (Lipinski definition) is 1. The van der Waals surface area contributed by atoms with E-state index in [2.05, 4.69) is 40.4 Å². The molecule has 1 aliphatic heterocycles. The van der Waals surface area contributed by atoms with E-state index in [1.165, 1.54) is 6.54 Å². The van der Waals surface area contributed by atoms with Gasteiger partial charge in [-0.15, -0.1) is 0 Å². The lowest BCUT2D eigenvalue weighted by Crippen LogP contribution is -2.50. The maximum absolute atomic E-state index is 4.51. The molecule has 2 heterocycles. The number of aryl methyl sites for hydroxylation is 1. The Bertz CT molecular complexity index is 375. The monoisotopic (exact) mass is 251 g/mol. The first-order valence-electron chi connectivity index (χ1n) is 6.65. The number of nitrogens with zero attached hydrogens (tertiary/aromatic N) is 4. The van der Waals surface area contributed by atoms with Crippen LogP contribution in [-0.2, 0) is 7.05 Å². The first-order valence-corrected chi connectivity index (χ1v) is 6.65. The molecule has 0 spiro atoms. The third-order valence-corrected chi connectivity index (χ3v) is 3.93. The van der Waals surface area contributed by atoms with Crippen LogP contribution in [0.25, 0.3) is 0 Å². The molecular weight excluding hydrogens is 226 g/mol. The van der Waals surface area contributed by atoms with Gasteiger partial charge in [-0.25, -0.2) is 0 Å². The van der Waals surface area contributed by atoms with Crippen LogP contribution in [0.4, 0.5) is 0 Å². The summed E-state index contributed by atoms with van der Waals surface area (Å²) in [5, 5.41) is 7.91. The Balaban J connectivity index is 2.01. The number of nitrogens with one attached hydrogen (secondary N) is 1. The van der Waals surface area contributed by atoms with Crippen molar-refractivity contribution >= 4 is 0 Å². The topological polar surface area (TPSA) is 36.3 Å². The van der Waals surface area contributed by atoms with Gasteiger partial charge in [-0.3, -0.25) is 4.68 Å². The predicted molar refractivity (Wildman–Crippen MR) is 73.5 cm³/mol. The van der Waals surface area contributed by atoms with Gasteiger partial charge in [0.15, 0.2) is 0 Å². The molecule has 18 heavy (non-hydrogen) atoms. The van der Waals surface area contributed by atoms with Crippen LogP contribution < -0.4 is 5.32 Å². The molecular formula is C13H25N5. The maximum atomic E-state index is 4.51. The largest absolute Gasteiger partial charge is 0.312 e. The number of aromatic nitrogens is 2. The number of hydrogen-bond acceptors (Lipinski definition) is 4. The van der Waals surface area contributed by atoms with Gasteiger partial charge in [0.05, 0.1) is 11.7 Å². The Morgan fingerprint density at radius 3 is 2.78 bits per heavy atom. The molecule has 1 saturated heterocycles. The first-order chi connectivity index (χ1) is 8.60. The van der Waals surface area contributed by atoms with Crippen molar-refractivity contribution in [2.45, 2.75) is 18.5 Å². The predicted octanol–water partition coefficient (Wildman–Crippen LogP) is 0.317. The molecule has 2 atom stereocenters. The Morgan fingerprint density at radius 1 is 1.39 bits per heavy atom. The highest BCUT2D eigenvalue weighted by Gasteiger charge is 2.26. The molecule has 1 aliphatic rings. The number of piperazine rings is 1. The van der Waals surface area contributed by atoms with Crippen molar-refractivity contribution in [3.63, 3.8) is 0 Å². The SMILES string of the molecule is CNC(CC1CN(C)CCN1C)c1ccn(C)n1. The average molecular weight is 251 g/mol. The van der Waals surface area contributed by atoms with Crippen molar-refractivity contribution in [1.29, 1.82) is 0 Å². The van der Waals surface area contributed by atoms with Crippen LogP contribution >= 0.6 is 0 Å². The van der Waals surface area contributed by atoms with Gasteiger partial charge in [0.2, 0.25) is 0 Å². The number of likely N-dealkylation sites (N-methyl/N-ethyl adjacent to an activating group) is 2. The van der Waals surface area contributed by atoms with Crippen LogP contribution in [0, 0.1) is 0 Å². The molecule has 1 fully saturated rings. The van der Waals surface area contributed by atoms with Gasteiger partial charge in [0, 0.05) is 38.9 Å². The average Bonchev–Trinajstić information content (AvgIpc) is 2.77. The van der Waals surface area contributed by atoms with E-state index in [9.17, 15) is 0 Å². The van der Waals surface area contributed by atoms with E-state index in [4.69, 9.17) is 0 Å². The maximum Gasteiger partial charge on any atom is 0.0794 e. The van der Waals surface area contributed by atoms with Crippen LogP contribution in [0.3, 0.4) is 0 Å². The van der Waals surface area contributed by atoms with Gasteiger partial charge in [-0.05, 0) is 33.6 Å². The highest BCUT2D eigenvalue weighted by atomic mass is 15.3. The van der Waals surface area contributed by atoms with Crippen molar-refractivity contribution in [2.24, 2.45) is 7.05 Å². The van der Waals surface area contributed by atoms with Gasteiger partial charge in [0.25, 0.3) is 0 Å². The van der Waals surface area contributed by atoms with E-state index in [1.54, 1.807) is 0 Å². The van der Waals surface area contributed by atoms with E-state index in [1.807, 2.05) is 25.0 Å². The van der Waals surface area contributed by atoms with E-state index in [0.29, 0.717) is 12.1 Å². The van der Waals surface area contributed by atoms with E-state index < -0.39 is 0 Å². The Labute approximate surface area is 110 Å². The molecule has 0 bridgehead atoms. The normalized spacial score (nSPS) is 24.3. The summed E-state index contributed by atoms with van der Waals surface area (Å²) in [5.74, 6) is 0. The van der Waals surface area contributed by atoms with Crippen molar-refractivity contribution in [1.82, 2.24) is 24.9 Å². The highest BCUT2D eigenvalue weighted by Crippen LogP contribution is 2.20. The summed E-state index contributed by atoms with van der Waals surface area (Å²) in [6.45, 7) is 3.46. The smallest absolute Gasteiger partial charge is 0.0794 e. The number of rotatable bonds is 4. The minimum atomic E-state index is 0.338. The minimum Gasteiger partial charge on any atom is -0.312 e. The third kappa shape index (κ3) is 3.10. The molecule has 1 aromatic heterocycles. The van der Waals surface area contributed by atoms with Gasteiger partial charge >= 0.3 is 0 Å². The van der Waals surface area contributed by atoms with Gasteiger partial charge in [-0.1, -0.05) is 0 Å². The zero-order valence-electron chi connectivity index (χ0n) is 11.9. The molecule has 5 heteroatoms. The molecule has 0 saturated carbocycles. The van der Waals surface area contributed by atoms with Crippen molar-refractivity contribution in [3.8, 4) is 0 Å². The van der Waals surface area contributed by atoms with Crippen molar-refractivity contribution in [3.05, 3.63) is 18.0 Å². The fourth-order valence-electron chi connectivity index (χ4n) is 2.63. The van der Waals surface area contributed by atoms with Gasteiger partial charge in [-0.2, -0.15) is 5.10 Å². The summed E-state index contributed by atoms with van der Waals surface area (Å²) in [7, 11) is 8.42. The van der Waals surface area contributed by atoms with E-state index in [-0.39, 0.29) is 0 Å². The second kappa shape index (κ2) is 5.82. The quantitative estimate of drug-likeness (QED) is 0.836. The van der Waals surface area contributed by atoms with Crippen LogP contribution in [-0.4, -0.2) is 66.4 Å². The second-order valence-electron chi connectivity index (χ2n) is 5.39. The summed E-state index contributed by atoms with van der Waals surface area (Å²) in [6, 6.07) is 3.04. The Hall–Kier alpha value is -0.910. The summed E-state index contributed by atoms with van der Waals surface area (Å²) < 4.78 is 1.87. The third-order valence-electron chi connectivity index (χ3n) is 3.93. The highest BCUT2D eigenvalue weighted by molar-refractivity contribution is 5.06. The molecule has 0 amide bonds. The summed E-state index contributed by atoms with van der Waals surface area (Å²) in [6.07, 6.45) is 3.12. The lowest BCUT2D eigenvalue weighted by molar-refractivity contribution is 0.101. The van der Waals surface area contributed by atoms with E-state index >= 15 is 0 Å². The molecule has 2 unspecified atom stereocenters. The molecule has 5 nitrogen and oxygen atoms in total.